The van der Waals surface area contributed by atoms with Crippen molar-refractivity contribution in [1.82, 2.24) is 4.98 Å². The zero-order chi connectivity index (χ0) is 14.3. The highest BCUT2D eigenvalue weighted by atomic mass is 35.5. The van der Waals surface area contributed by atoms with Crippen molar-refractivity contribution in [2.24, 2.45) is 17.8 Å². The van der Waals surface area contributed by atoms with Crippen LogP contribution in [0, 0.1) is 17.8 Å². The average molecular weight is 295 g/mol. The number of aromatic carboxylic acids is 1. The van der Waals surface area contributed by atoms with Gasteiger partial charge in [0.05, 0.1) is 5.56 Å². The van der Waals surface area contributed by atoms with Gasteiger partial charge < -0.3 is 10.4 Å². The average Bonchev–Trinajstić information content (AvgIpc) is 3.00. The number of pyridine rings is 1. The van der Waals surface area contributed by atoms with E-state index in [1.165, 1.54) is 31.7 Å². The summed E-state index contributed by atoms with van der Waals surface area (Å²) >= 11 is 5.89. The first-order valence-corrected chi connectivity index (χ1v) is 7.58. The molecule has 0 spiro atoms. The molecule has 0 radical (unpaired) electrons. The fourth-order valence-corrected chi connectivity index (χ4v) is 4.15. The van der Waals surface area contributed by atoms with E-state index in [-0.39, 0.29) is 10.7 Å². The minimum absolute atomic E-state index is 0.174. The van der Waals surface area contributed by atoms with Crippen LogP contribution in [0.1, 0.15) is 43.0 Å². The zero-order valence-corrected chi connectivity index (χ0v) is 12.2. The molecule has 0 aliphatic heterocycles. The molecule has 1 aromatic heterocycles. The van der Waals surface area contributed by atoms with Crippen molar-refractivity contribution in [3.63, 3.8) is 0 Å². The molecule has 2 aliphatic rings. The molecule has 0 saturated heterocycles. The number of aromatic nitrogens is 1. The summed E-state index contributed by atoms with van der Waals surface area (Å²) < 4.78 is 0. The van der Waals surface area contributed by atoms with E-state index in [0.717, 1.165) is 11.8 Å². The molecular formula is C15H19ClN2O2. The van der Waals surface area contributed by atoms with Gasteiger partial charge in [-0.15, -0.1) is 0 Å². The van der Waals surface area contributed by atoms with E-state index in [2.05, 4.69) is 17.2 Å². The maximum absolute atomic E-state index is 11.0. The van der Waals surface area contributed by atoms with E-state index < -0.39 is 5.97 Å². The van der Waals surface area contributed by atoms with E-state index in [9.17, 15) is 4.79 Å². The number of nitrogens with one attached hydrogen (secondary N) is 1. The molecule has 1 aromatic rings. The second kappa shape index (κ2) is 5.24. The van der Waals surface area contributed by atoms with Crippen molar-refractivity contribution < 1.29 is 9.90 Å². The van der Waals surface area contributed by atoms with Gasteiger partial charge in [-0.2, -0.15) is 0 Å². The monoisotopic (exact) mass is 294 g/mol. The number of carbonyl (C=O) groups is 1. The molecule has 4 nitrogen and oxygen atoms in total. The molecule has 4 unspecified atom stereocenters. The summed E-state index contributed by atoms with van der Waals surface area (Å²) in [5, 5.41) is 12.6. The number of fused-ring (bicyclic) bond motifs is 2. The minimum atomic E-state index is -0.982. The molecular weight excluding hydrogens is 276 g/mol. The normalized spacial score (nSPS) is 29.4. The van der Waals surface area contributed by atoms with Crippen LogP contribution in [0.4, 0.5) is 5.82 Å². The second-order valence-electron chi connectivity index (χ2n) is 6.14. The fraction of sp³-hybridized carbons (Fsp3) is 0.600. The van der Waals surface area contributed by atoms with Crippen LogP contribution in [0.25, 0.3) is 0 Å². The van der Waals surface area contributed by atoms with Gasteiger partial charge in [0.1, 0.15) is 11.0 Å². The zero-order valence-electron chi connectivity index (χ0n) is 11.5. The predicted molar refractivity (Wildman–Crippen MR) is 78.2 cm³/mol. The lowest BCUT2D eigenvalue weighted by Crippen LogP contribution is -2.30. The van der Waals surface area contributed by atoms with Crippen molar-refractivity contribution in [3.05, 3.63) is 22.8 Å². The summed E-state index contributed by atoms with van der Waals surface area (Å²) in [5.41, 5.74) is 0.174. The number of hydrogen-bond donors (Lipinski definition) is 2. The molecule has 2 saturated carbocycles. The van der Waals surface area contributed by atoms with Gasteiger partial charge >= 0.3 is 5.97 Å². The van der Waals surface area contributed by atoms with Gasteiger partial charge in [-0.1, -0.05) is 18.0 Å². The van der Waals surface area contributed by atoms with Gasteiger partial charge in [-0.05, 0) is 56.1 Å². The van der Waals surface area contributed by atoms with E-state index >= 15 is 0 Å². The van der Waals surface area contributed by atoms with Gasteiger partial charge in [0, 0.05) is 6.04 Å². The van der Waals surface area contributed by atoms with Gasteiger partial charge in [0.2, 0.25) is 0 Å². The van der Waals surface area contributed by atoms with E-state index in [1.54, 1.807) is 6.07 Å². The van der Waals surface area contributed by atoms with Gasteiger partial charge in [-0.3, -0.25) is 0 Å². The van der Waals surface area contributed by atoms with Crippen LogP contribution in [0.5, 0.6) is 0 Å². The summed E-state index contributed by atoms with van der Waals surface area (Å²) in [6.07, 6.45) is 5.36. The molecule has 1 heterocycles. The highest BCUT2D eigenvalue weighted by molar-refractivity contribution is 6.29. The number of rotatable bonds is 4. The molecule has 4 atom stereocenters. The quantitative estimate of drug-likeness (QED) is 0.832. The summed E-state index contributed by atoms with van der Waals surface area (Å²) in [6.45, 7) is 2.16. The van der Waals surface area contributed by atoms with Crippen LogP contribution in [0.3, 0.4) is 0 Å². The lowest BCUT2D eigenvalue weighted by molar-refractivity contribution is 0.0697. The fourth-order valence-electron chi connectivity index (χ4n) is 3.94. The standard InChI is InChI=1S/C15H19ClN2O2/c1-8(12-5-9-2-3-10(12)4-9)17-14-7-11(15(19)20)6-13(16)18-14/h6-10,12H,2-5H2,1H3,(H,17,18)(H,19,20). The Morgan fingerprint density at radius 1 is 1.45 bits per heavy atom. The Kier molecular flexibility index (Phi) is 3.59. The molecule has 108 valence electrons. The maximum atomic E-state index is 11.0. The molecule has 2 aliphatic carbocycles. The topological polar surface area (TPSA) is 62.2 Å². The number of anilines is 1. The van der Waals surface area contributed by atoms with E-state index in [0.29, 0.717) is 17.8 Å². The lowest BCUT2D eigenvalue weighted by Gasteiger charge is -2.29. The highest BCUT2D eigenvalue weighted by Gasteiger charge is 2.41. The van der Waals surface area contributed by atoms with Crippen LogP contribution >= 0.6 is 11.6 Å². The summed E-state index contributed by atoms with van der Waals surface area (Å²) in [4.78, 5) is 15.2. The Balaban J connectivity index is 1.72. The number of halogens is 1. The number of nitrogens with zero attached hydrogens (tertiary/aromatic N) is 1. The number of carboxylic acids is 1. The van der Waals surface area contributed by atoms with Gasteiger partial charge in [0.25, 0.3) is 0 Å². The second-order valence-corrected chi connectivity index (χ2v) is 6.53. The third-order valence-corrected chi connectivity index (χ3v) is 5.05. The predicted octanol–water partition coefficient (Wildman–Crippen LogP) is 3.67. The van der Waals surface area contributed by atoms with Crippen molar-refractivity contribution in [1.29, 1.82) is 0 Å². The molecule has 0 aromatic carbocycles. The van der Waals surface area contributed by atoms with E-state index in [1.807, 2.05) is 0 Å². The minimum Gasteiger partial charge on any atom is -0.478 e. The molecule has 2 bridgehead atoms. The third kappa shape index (κ3) is 2.62. The van der Waals surface area contributed by atoms with Crippen LogP contribution in [-0.4, -0.2) is 22.1 Å². The molecule has 5 heteroatoms. The van der Waals surface area contributed by atoms with Crippen molar-refractivity contribution in [2.45, 2.75) is 38.6 Å². The summed E-state index contributed by atoms with van der Waals surface area (Å²) in [7, 11) is 0. The van der Waals surface area contributed by atoms with Gasteiger partial charge in [0.15, 0.2) is 0 Å². The first-order valence-electron chi connectivity index (χ1n) is 7.20. The Bertz CT molecular complexity index is 535. The number of carboxylic acid groups (broad SMARTS) is 1. The van der Waals surface area contributed by atoms with Crippen LogP contribution in [-0.2, 0) is 0 Å². The third-order valence-electron chi connectivity index (χ3n) is 4.85. The molecule has 0 amide bonds. The molecule has 2 N–H and O–H groups in total. The Hall–Kier alpha value is -1.29. The Labute approximate surface area is 123 Å². The van der Waals surface area contributed by atoms with Crippen LogP contribution in [0.2, 0.25) is 5.15 Å². The first-order chi connectivity index (χ1) is 9.52. The first kappa shape index (κ1) is 13.7. The van der Waals surface area contributed by atoms with Crippen molar-refractivity contribution in [2.75, 3.05) is 5.32 Å². The van der Waals surface area contributed by atoms with Crippen molar-refractivity contribution in [3.8, 4) is 0 Å². The number of hydrogen-bond acceptors (Lipinski definition) is 3. The smallest absolute Gasteiger partial charge is 0.335 e. The molecule has 3 rings (SSSR count). The van der Waals surface area contributed by atoms with Gasteiger partial charge in [-0.25, -0.2) is 9.78 Å². The molecule has 20 heavy (non-hydrogen) atoms. The van der Waals surface area contributed by atoms with E-state index in [4.69, 9.17) is 16.7 Å². The molecule has 2 fully saturated rings. The summed E-state index contributed by atoms with van der Waals surface area (Å²) in [5.74, 6) is 1.97. The highest BCUT2D eigenvalue weighted by Crippen LogP contribution is 2.49. The largest absolute Gasteiger partial charge is 0.478 e. The SMILES string of the molecule is CC(Nc1cc(C(=O)O)cc(Cl)n1)C1CC2CCC1C2. The Morgan fingerprint density at radius 3 is 2.85 bits per heavy atom. The van der Waals surface area contributed by atoms with Crippen molar-refractivity contribution >= 4 is 23.4 Å². The Morgan fingerprint density at radius 2 is 2.25 bits per heavy atom. The van der Waals surface area contributed by atoms with Crippen LogP contribution < -0.4 is 5.32 Å². The maximum Gasteiger partial charge on any atom is 0.335 e. The summed E-state index contributed by atoms with van der Waals surface area (Å²) in [6, 6.07) is 3.23. The lowest BCUT2D eigenvalue weighted by atomic mass is 9.84. The van der Waals surface area contributed by atoms with Crippen LogP contribution in [0.15, 0.2) is 12.1 Å².